The lowest BCUT2D eigenvalue weighted by Crippen LogP contribution is -2.15. The van der Waals surface area contributed by atoms with E-state index in [1.807, 2.05) is 43.3 Å². The van der Waals surface area contributed by atoms with Crippen molar-refractivity contribution in [2.24, 2.45) is 0 Å². The van der Waals surface area contributed by atoms with Gasteiger partial charge in [0, 0.05) is 31.7 Å². The molecule has 0 atom stereocenters. The highest BCUT2D eigenvalue weighted by Crippen LogP contribution is 2.19. The fourth-order valence-electron chi connectivity index (χ4n) is 1.98. The van der Waals surface area contributed by atoms with Crippen molar-refractivity contribution in [3.63, 3.8) is 0 Å². The van der Waals surface area contributed by atoms with Gasteiger partial charge >= 0.3 is 5.97 Å². The van der Waals surface area contributed by atoms with E-state index < -0.39 is 5.97 Å². The van der Waals surface area contributed by atoms with Gasteiger partial charge in [0.2, 0.25) is 5.91 Å². The molecule has 0 fully saturated rings. The van der Waals surface area contributed by atoms with Crippen LogP contribution in [0.2, 0.25) is 0 Å². The van der Waals surface area contributed by atoms with E-state index in [0.29, 0.717) is 10.8 Å². The Morgan fingerprint density at radius 1 is 1.27 bits per heavy atom. The summed E-state index contributed by atoms with van der Waals surface area (Å²) in [5, 5.41) is 3.11. The molecule has 1 heterocycles. The molecule has 2 aromatic rings. The van der Waals surface area contributed by atoms with Crippen molar-refractivity contribution in [1.82, 2.24) is 9.97 Å². The molecular formula is C17H21N5O3S. The first-order chi connectivity index (χ1) is 12.4. The van der Waals surface area contributed by atoms with Gasteiger partial charge in [0.05, 0.1) is 12.4 Å². The SMILES string of the molecule is CCOC(=O)c1cnc(SCC(=O)Nc2ccc(N(C)C)cc2)nc1N. The highest BCUT2D eigenvalue weighted by Gasteiger charge is 2.14. The molecule has 9 heteroatoms. The van der Waals surface area contributed by atoms with Crippen molar-refractivity contribution in [2.45, 2.75) is 12.1 Å². The molecule has 0 aliphatic carbocycles. The molecule has 8 nitrogen and oxygen atoms in total. The lowest BCUT2D eigenvalue weighted by molar-refractivity contribution is -0.113. The van der Waals surface area contributed by atoms with Crippen molar-refractivity contribution in [3.05, 3.63) is 36.0 Å². The van der Waals surface area contributed by atoms with Gasteiger partial charge in [-0.15, -0.1) is 0 Å². The largest absolute Gasteiger partial charge is 0.462 e. The summed E-state index contributed by atoms with van der Waals surface area (Å²) in [5.41, 5.74) is 7.62. The van der Waals surface area contributed by atoms with E-state index in [9.17, 15) is 9.59 Å². The van der Waals surface area contributed by atoms with E-state index in [1.54, 1.807) is 6.92 Å². The Bertz CT molecular complexity index is 780. The molecule has 0 aliphatic rings. The van der Waals surface area contributed by atoms with E-state index in [4.69, 9.17) is 10.5 Å². The van der Waals surface area contributed by atoms with E-state index in [2.05, 4.69) is 15.3 Å². The number of nitrogens with two attached hydrogens (primary N) is 1. The fourth-order valence-corrected chi connectivity index (χ4v) is 2.61. The molecule has 0 saturated carbocycles. The van der Waals surface area contributed by atoms with Crippen LogP contribution < -0.4 is 16.0 Å². The number of rotatable bonds is 7. The van der Waals surface area contributed by atoms with Gasteiger partial charge in [-0.05, 0) is 31.2 Å². The van der Waals surface area contributed by atoms with Gasteiger partial charge in [-0.3, -0.25) is 4.79 Å². The summed E-state index contributed by atoms with van der Waals surface area (Å²) in [6, 6.07) is 7.50. The van der Waals surface area contributed by atoms with Gasteiger partial charge in [0.25, 0.3) is 0 Å². The molecule has 0 radical (unpaired) electrons. The van der Waals surface area contributed by atoms with Crippen LogP contribution in [-0.4, -0.2) is 48.3 Å². The minimum atomic E-state index is -0.569. The molecule has 1 aromatic carbocycles. The Morgan fingerprint density at radius 2 is 1.96 bits per heavy atom. The summed E-state index contributed by atoms with van der Waals surface area (Å²) in [4.78, 5) is 33.7. The number of aromatic nitrogens is 2. The fraction of sp³-hybridized carbons (Fsp3) is 0.294. The van der Waals surface area contributed by atoms with Crippen LogP contribution in [0.25, 0.3) is 0 Å². The topological polar surface area (TPSA) is 110 Å². The highest BCUT2D eigenvalue weighted by molar-refractivity contribution is 7.99. The van der Waals surface area contributed by atoms with Crippen molar-refractivity contribution in [1.29, 1.82) is 0 Å². The second-order valence-corrected chi connectivity index (χ2v) is 6.39. The minimum Gasteiger partial charge on any atom is -0.462 e. The number of ether oxygens (including phenoxy) is 1. The Hall–Kier alpha value is -2.81. The first-order valence-electron chi connectivity index (χ1n) is 7.90. The van der Waals surface area contributed by atoms with E-state index in [0.717, 1.165) is 17.4 Å². The van der Waals surface area contributed by atoms with Crippen LogP contribution in [0.4, 0.5) is 17.2 Å². The molecule has 26 heavy (non-hydrogen) atoms. The monoisotopic (exact) mass is 375 g/mol. The van der Waals surface area contributed by atoms with E-state index in [-0.39, 0.29) is 29.6 Å². The third-order valence-electron chi connectivity index (χ3n) is 3.29. The number of benzene rings is 1. The molecule has 0 bridgehead atoms. The Morgan fingerprint density at radius 3 is 2.54 bits per heavy atom. The van der Waals surface area contributed by atoms with Crippen molar-refractivity contribution in [2.75, 3.05) is 42.4 Å². The van der Waals surface area contributed by atoms with Crippen LogP contribution in [-0.2, 0) is 9.53 Å². The normalized spacial score (nSPS) is 10.3. The molecule has 138 valence electrons. The summed E-state index contributed by atoms with van der Waals surface area (Å²) in [6.07, 6.45) is 1.31. The summed E-state index contributed by atoms with van der Waals surface area (Å²) in [6.45, 7) is 1.94. The summed E-state index contributed by atoms with van der Waals surface area (Å²) in [5.74, 6) is -0.612. The van der Waals surface area contributed by atoms with Crippen LogP contribution in [0, 0.1) is 0 Å². The number of nitrogen functional groups attached to an aromatic ring is 1. The number of thioether (sulfide) groups is 1. The first kappa shape index (κ1) is 19.5. The van der Waals surface area contributed by atoms with Crippen LogP contribution in [0.3, 0.4) is 0 Å². The van der Waals surface area contributed by atoms with Crippen LogP contribution >= 0.6 is 11.8 Å². The molecule has 0 aliphatic heterocycles. The molecule has 0 spiro atoms. The van der Waals surface area contributed by atoms with Gasteiger partial charge in [0.15, 0.2) is 5.16 Å². The third-order valence-corrected chi connectivity index (χ3v) is 4.15. The standard InChI is InChI=1S/C17H21N5O3S/c1-4-25-16(24)13-9-19-17(21-15(13)18)26-10-14(23)20-11-5-7-12(8-6-11)22(2)3/h5-9H,4,10H2,1-3H3,(H,20,23)(H2,18,19,21). The highest BCUT2D eigenvalue weighted by atomic mass is 32.2. The number of nitrogens with one attached hydrogen (secondary N) is 1. The van der Waals surface area contributed by atoms with Crippen molar-refractivity contribution < 1.29 is 14.3 Å². The number of carbonyl (C=O) groups excluding carboxylic acids is 2. The number of hydrogen-bond acceptors (Lipinski definition) is 8. The smallest absolute Gasteiger partial charge is 0.343 e. The Labute approximate surface area is 156 Å². The quantitative estimate of drug-likeness (QED) is 0.430. The summed E-state index contributed by atoms with van der Waals surface area (Å²) < 4.78 is 4.86. The number of amides is 1. The molecule has 2 rings (SSSR count). The first-order valence-corrected chi connectivity index (χ1v) is 8.89. The number of esters is 1. The molecule has 1 aromatic heterocycles. The van der Waals surface area contributed by atoms with Gasteiger partial charge in [0.1, 0.15) is 11.4 Å². The second kappa shape index (κ2) is 9.04. The van der Waals surface area contributed by atoms with Gasteiger partial charge in [-0.2, -0.15) is 0 Å². The number of hydrogen-bond donors (Lipinski definition) is 2. The maximum Gasteiger partial charge on any atom is 0.343 e. The Kier molecular flexibility index (Phi) is 6.79. The second-order valence-electron chi connectivity index (χ2n) is 5.45. The summed E-state index contributed by atoms with van der Waals surface area (Å²) >= 11 is 1.13. The average Bonchev–Trinajstić information content (AvgIpc) is 2.60. The lowest BCUT2D eigenvalue weighted by atomic mass is 10.2. The van der Waals surface area contributed by atoms with Gasteiger partial charge < -0.3 is 20.7 Å². The Balaban J connectivity index is 1.90. The van der Waals surface area contributed by atoms with Crippen molar-refractivity contribution in [3.8, 4) is 0 Å². The van der Waals surface area contributed by atoms with Crippen molar-refractivity contribution >= 4 is 40.8 Å². The number of nitrogens with zero attached hydrogens (tertiary/aromatic N) is 3. The summed E-state index contributed by atoms with van der Waals surface area (Å²) in [7, 11) is 3.90. The molecule has 0 saturated heterocycles. The van der Waals surface area contributed by atoms with Crippen LogP contribution in [0.15, 0.2) is 35.6 Å². The zero-order valence-electron chi connectivity index (χ0n) is 14.9. The maximum absolute atomic E-state index is 12.0. The molecule has 0 unspecified atom stereocenters. The maximum atomic E-state index is 12.0. The van der Waals surface area contributed by atoms with E-state index in [1.165, 1.54) is 6.20 Å². The van der Waals surface area contributed by atoms with Crippen LogP contribution in [0.5, 0.6) is 0 Å². The van der Waals surface area contributed by atoms with Gasteiger partial charge in [-0.1, -0.05) is 11.8 Å². The van der Waals surface area contributed by atoms with Crippen LogP contribution in [0.1, 0.15) is 17.3 Å². The zero-order chi connectivity index (χ0) is 19.1. The predicted octanol–water partition coefficient (Wildman–Crippen LogP) is 2.03. The number of carbonyl (C=O) groups is 2. The lowest BCUT2D eigenvalue weighted by Gasteiger charge is -2.13. The van der Waals surface area contributed by atoms with E-state index >= 15 is 0 Å². The molecular weight excluding hydrogens is 354 g/mol. The molecule has 1 amide bonds. The average molecular weight is 375 g/mol. The molecule has 3 N–H and O–H groups in total. The van der Waals surface area contributed by atoms with Gasteiger partial charge in [-0.25, -0.2) is 14.8 Å². The number of anilines is 3. The predicted molar refractivity (Wildman–Crippen MR) is 103 cm³/mol. The minimum absolute atomic E-state index is 0.0284. The third kappa shape index (κ3) is 5.35. The zero-order valence-corrected chi connectivity index (χ0v) is 15.7.